The zero-order chi connectivity index (χ0) is 11.0. The van der Waals surface area contributed by atoms with Gasteiger partial charge in [0.25, 0.3) is 0 Å². The minimum atomic E-state index is -0.571. The lowest BCUT2D eigenvalue weighted by Crippen LogP contribution is -2.22. The van der Waals surface area contributed by atoms with Gasteiger partial charge in [0.1, 0.15) is 18.0 Å². The maximum Gasteiger partial charge on any atom is 0.133 e. The predicted octanol–water partition coefficient (Wildman–Crippen LogP) is 2.05. The summed E-state index contributed by atoms with van der Waals surface area (Å²) in [5, 5.41) is 10.1. The number of nitrogens with one attached hydrogen (secondary N) is 1. The van der Waals surface area contributed by atoms with Crippen molar-refractivity contribution >= 4 is 0 Å². The molecule has 0 amide bonds. The van der Waals surface area contributed by atoms with Crippen molar-refractivity contribution in [1.29, 1.82) is 0 Å². The highest BCUT2D eigenvalue weighted by molar-refractivity contribution is 5.38. The minimum Gasteiger partial charge on any atom is -0.487 e. The molecule has 2 heterocycles. The third-order valence-corrected chi connectivity index (χ3v) is 2.99. The molecule has 0 spiro atoms. The van der Waals surface area contributed by atoms with E-state index in [0.717, 1.165) is 17.7 Å². The summed E-state index contributed by atoms with van der Waals surface area (Å²) in [7, 11) is 0. The number of aromatic nitrogens is 1. The van der Waals surface area contributed by atoms with Crippen LogP contribution in [-0.2, 0) is 6.42 Å². The van der Waals surface area contributed by atoms with Crippen LogP contribution in [0.1, 0.15) is 17.2 Å². The van der Waals surface area contributed by atoms with Gasteiger partial charge in [0.05, 0.1) is 0 Å². The first-order valence-corrected chi connectivity index (χ1v) is 5.40. The number of rotatable bonds is 2. The maximum absolute atomic E-state index is 10.1. The Labute approximate surface area is 93.7 Å². The zero-order valence-electron chi connectivity index (χ0n) is 8.76. The lowest BCUT2D eigenvalue weighted by atomic mass is 10.0. The van der Waals surface area contributed by atoms with E-state index in [1.165, 1.54) is 5.56 Å². The van der Waals surface area contributed by atoms with Crippen LogP contribution in [0.15, 0.2) is 42.7 Å². The molecule has 1 aromatic carbocycles. The van der Waals surface area contributed by atoms with Crippen molar-refractivity contribution in [2.75, 3.05) is 0 Å². The van der Waals surface area contributed by atoms with Crippen LogP contribution in [0.4, 0.5) is 0 Å². The molecule has 82 valence electrons. The van der Waals surface area contributed by atoms with Crippen molar-refractivity contribution in [3.63, 3.8) is 0 Å². The van der Waals surface area contributed by atoms with Gasteiger partial charge in [0.15, 0.2) is 0 Å². The molecule has 2 N–H and O–H groups in total. The molecule has 0 aliphatic carbocycles. The van der Waals surface area contributed by atoms with Crippen LogP contribution in [0, 0.1) is 0 Å². The van der Waals surface area contributed by atoms with Crippen LogP contribution in [-0.4, -0.2) is 16.2 Å². The number of ether oxygens (including phenoxy) is 1. The summed E-state index contributed by atoms with van der Waals surface area (Å²) in [6.07, 6.45) is 3.63. The van der Waals surface area contributed by atoms with E-state index in [0.29, 0.717) is 0 Å². The number of hydrogen-bond acceptors (Lipinski definition) is 2. The van der Waals surface area contributed by atoms with Crippen LogP contribution in [0.3, 0.4) is 0 Å². The van der Waals surface area contributed by atoms with Gasteiger partial charge in [-0.3, -0.25) is 0 Å². The Morgan fingerprint density at radius 2 is 2.19 bits per heavy atom. The van der Waals surface area contributed by atoms with E-state index in [1.807, 2.05) is 30.3 Å². The lowest BCUT2D eigenvalue weighted by Gasteiger charge is -2.16. The van der Waals surface area contributed by atoms with Crippen molar-refractivity contribution in [2.24, 2.45) is 0 Å². The summed E-state index contributed by atoms with van der Waals surface area (Å²) in [6.45, 7) is 0. The third-order valence-electron chi connectivity index (χ3n) is 2.99. The van der Waals surface area contributed by atoms with Crippen molar-refractivity contribution < 1.29 is 9.84 Å². The largest absolute Gasteiger partial charge is 0.487 e. The molecule has 2 unspecified atom stereocenters. The number of para-hydroxylation sites is 1. The summed E-state index contributed by atoms with van der Waals surface area (Å²) in [5.74, 6) is 0.891. The van der Waals surface area contributed by atoms with E-state index in [4.69, 9.17) is 4.74 Å². The van der Waals surface area contributed by atoms with E-state index < -0.39 is 6.10 Å². The molecule has 2 atom stereocenters. The number of benzene rings is 1. The molecule has 0 radical (unpaired) electrons. The van der Waals surface area contributed by atoms with Crippen LogP contribution in [0.5, 0.6) is 5.75 Å². The summed E-state index contributed by atoms with van der Waals surface area (Å²) in [5.41, 5.74) is 2.04. The highest BCUT2D eigenvalue weighted by atomic mass is 16.5. The van der Waals surface area contributed by atoms with Gasteiger partial charge in [-0.2, -0.15) is 0 Å². The monoisotopic (exact) mass is 215 g/mol. The standard InChI is InChI=1S/C13H13NO2/c15-13(10-5-6-14-8-10)12-7-9-3-1-2-4-11(9)16-12/h1-6,8,12-15H,7H2. The highest BCUT2D eigenvalue weighted by Gasteiger charge is 2.29. The molecule has 0 bridgehead atoms. The van der Waals surface area contributed by atoms with Crippen LogP contribution >= 0.6 is 0 Å². The second kappa shape index (κ2) is 3.68. The summed E-state index contributed by atoms with van der Waals surface area (Å²) < 4.78 is 5.73. The van der Waals surface area contributed by atoms with Crippen LogP contribution in [0.25, 0.3) is 0 Å². The quantitative estimate of drug-likeness (QED) is 0.805. The fourth-order valence-corrected chi connectivity index (χ4v) is 2.12. The molecule has 16 heavy (non-hydrogen) atoms. The summed E-state index contributed by atoms with van der Waals surface area (Å²) >= 11 is 0. The van der Waals surface area contributed by atoms with E-state index in [-0.39, 0.29) is 6.10 Å². The number of aliphatic hydroxyl groups is 1. The van der Waals surface area contributed by atoms with E-state index in [9.17, 15) is 5.11 Å². The number of aliphatic hydroxyl groups excluding tert-OH is 1. The van der Waals surface area contributed by atoms with Crippen LogP contribution < -0.4 is 4.74 Å². The molecule has 0 fully saturated rings. The van der Waals surface area contributed by atoms with Crippen LogP contribution in [0.2, 0.25) is 0 Å². The first kappa shape index (κ1) is 9.48. The smallest absolute Gasteiger partial charge is 0.133 e. The molecular formula is C13H13NO2. The first-order chi connectivity index (χ1) is 7.84. The molecular weight excluding hydrogens is 202 g/mol. The minimum absolute atomic E-state index is 0.173. The number of hydrogen-bond donors (Lipinski definition) is 2. The van der Waals surface area contributed by atoms with Crippen molar-refractivity contribution in [2.45, 2.75) is 18.6 Å². The molecule has 0 saturated heterocycles. The Balaban J connectivity index is 1.81. The van der Waals surface area contributed by atoms with E-state index in [2.05, 4.69) is 4.98 Å². The van der Waals surface area contributed by atoms with Gasteiger partial charge in [0, 0.05) is 24.4 Å². The molecule has 1 aliphatic heterocycles. The molecule has 2 aromatic rings. The lowest BCUT2D eigenvalue weighted by molar-refractivity contribution is 0.0493. The van der Waals surface area contributed by atoms with E-state index >= 15 is 0 Å². The van der Waals surface area contributed by atoms with Gasteiger partial charge >= 0.3 is 0 Å². The van der Waals surface area contributed by atoms with Gasteiger partial charge in [-0.15, -0.1) is 0 Å². The van der Waals surface area contributed by atoms with Gasteiger partial charge in [-0.25, -0.2) is 0 Å². The van der Waals surface area contributed by atoms with Gasteiger partial charge in [0.2, 0.25) is 0 Å². The molecule has 0 saturated carbocycles. The predicted molar refractivity (Wildman–Crippen MR) is 60.3 cm³/mol. The molecule has 1 aliphatic rings. The topological polar surface area (TPSA) is 45.2 Å². The Kier molecular flexibility index (Phi) is 2.18. The molecule has 3 heteroatoms. The number of H-pyrrole nitrogens is 1. The third kappa shape index (κ3) is 1.49. The molecule has 1 aromatic heterocycles. The van der Waals surface area contributed by atoms with Crippen molar-refractivity contribution in [3.05, 3.63) is 53.9 Å². The van der Waals surface area contributed by atoms with E-state index in [1.54, 1.807) is 12.4 Å². The normalized spacial score (nSPS) is 20.2. The van der Waals surface area contributed by atoms with Gasteiger partial charge in [-0.1, -0.05) is 18.2 Å². The SMILES string of the molecule is OC(c1cc[nH]c1)C1Cc2ccccc2O1. The summed E-state index contributed by atoms with van der Waals surface area (Å²) in [4.78, 5) is 2.94. The molecule has 3 nitrogen and oxygen atoms in total. The Morgan fingerprint density at radius 3 is 2.94 bits per heavy atom. The van der Waals surface area contributed by atoms with Gasteiger partial charge in [-0.05, 0) is 17.7 Å². The zero-order valence-corrected chi connectivity index (χ0v) is 8.76. The first-order valence-electron chi connectivity index (χ1n) is 5.40. The Morgan fingerprint density at radius 1 is 1.31 bits per heavy atom. The Bertz CT molecular complexity index is 453. The van der Waals surface area contributed by atoms with Crippen molar-refractivity contribution in [3.8, 4) is 5.75 Å². The average Bonchev–Trinajstić information content (AvgIpc) is 2.97. The van der Waals surface area contributed by atoms with Crippen molar-refractivity contribution in [1.82, 2.24) is 4.98 Å². The second-order valence-corrected chi connectivity index (χ2v) is 4.06. The second-order valence-electron chi connectivity index (χ2n) is 4.06. The van der Waals surface area contributed by atoms with Gasteiger partial charge < -0.3 is 14.8 Å². The molecule has 3 rings (SSSR count). The maximum atomic E-state index is 10.1. The highest BCUT2D eigenvalue weighted by Crippen LogP contribution is 2.33. The fraction of sp³-hybridized carbons (Fsp3) is 0.231. The number of aromatic amines is 1. The fourth-order valence-electron chi connectivity index (χ4n) is 2.12. The average molecular weight is 215 g/mol. The number of fused-ring (bicyclic) bond motifs is 1. The Hall–Kier alpha value is -1.74. The summed E-state index contributed by atoms with van der Waals surface area (Å²) in [6, 6.07) is 9.80.